The molecule has 4 nitrogen and oxygen atoms in total. The van der Waals surface area contributed by atoms with Gasteiger partial charge in [-0.3, -0.25) is 0 Å². The lowest BCUT2D eigenvalue weighted by Gasteiger charge is -2.24. The number of anilines is 1. The molecule has 0 saturated heterocycles. The van der Waals surface area contributed by atoms with Crippen molar-refractivity contribution < 1.29 is 14.3 Å². The van der Waals surface area contributed by atoms with Crippen LogP contribution in [0.2, 0.25) is 5.02 Å². The molecule has 0 spiro atoms. The quantitative estimate of drug-likeness (QED) is 0.783. The van der Waals surface area contributed by atoms with Crippen LogP contribution in [0.3, 0.4) is 0 Å². The molecule has 0 aliphatic carbocycles. The van der Waals surface area contributed by atoms with Gasteiger partial charge in [0.2, 0.25) is 0 Å². The largest absolute Gasteiger partial charge is 0.464 e. The van der Waals surface area contributed by atoms with Gasteiger partial charge in [0.25, 0.3) is 0 Å². The Morgan fingerprint density at radius 3 is 2.79 bits per heavy atom. The maximum atomic E-state index is 12.0. The highest BCUT2D eigenvalue weighted by molar-refractivity contribution is 6.30. The first kappa shape index (κ1) is 15.8. The molecule has 0 radical (unpaired) electrons. The van der Waals surface area contributed by atoms with Crippen LogP contribution in [0.1, 0.15) is 13.8 Å². The lowest BCUT2D eigenvalue weighted by Crippen LogP contribution is -2.39. The summed E-state index contributed by atoms with van der Waals surface area (Å²) in [5.41, 5.74) is 0.786. The van der Waals surface area contributed by atoms with Crippen molar-refractivity contribution >= 4 is 23.3 Å². The number of carbonyl (C=O) groups excluding carboxylic acids is 1. The fourth-order valence-corrected chi connectivity index (χ4v) is 1.97. The van der Waals surface area contributed by atoms with Crippen LogP contribution in [0.4, 0.5) is 5.69 Å². The summed E-state index contributed by atoms with van der Waals surface area (Å²) in [6.45, 7) is 4.54. The molecule has 106 valence electrons. The van der Waals surface area contributed by atoms with E-state index < -0.39 is 6.04 Å². The van der Waals surface area contributed by atoms with Gasteiger partial charge < -0.3 is 14.8 Å². The molecular weight excluding hydrogens is 266 g/mol. The monoisotopic (exact) mass is 285 g/mol. The van der Waals surface area contributed by atoms with Gasteiger partial charge in [-0.15, -0.1) is 0 Å². The van der Waals surface area contributed by atoms with Gasteiger partial charge in [-0.25, -0.2) is 4.79 Å². The third-order valence-corrected chi connectivity index (χ3v) is 2.92. The van der Waals surface area contributed by atoms with Crippen molar-refractivity contribution in [3.63, 3.8) is 0 Å². The van der Waals surface area contributed by atoms with E-state index >= 15 is 0 Å². The Hall–Kier alpha value is -1.26. The minimum atomic E-state index is -0.460. The first-order chi connectivity index (χ1) is 9.08. The molecule has 0 saturated carbocycles. The lowest BCUT2D eigenvalue weighted by atomic mass is 10.0. The second kappa shape index (κ2) is 8.02. The van der Waals surface area contributed by atoms with Crippen LogP contribution in [-0.4, -0.2) is 32.3 Å². The van der Waals surface area contributed by atoms with Crippen LogP contribution >= 0.6 is 11.6 Å². The topological polar surface area (TPSA) is 47.6 Å². The molecule has 0 aliphatic heterocycles. The van der Waals surface area contributed by atoms with Crippen LogP contribution < -0.4 is 5.32 Å². The first-order valence-corrected chi connectivity index (χ1v) is 6.64. The van der Waals surface area contributed by atoms with Gasteiger partial charge in [0.1, 0.15) is 6.04 Å². The number of benzene rings is 1. The minimum absolute atomic E-state index is 0.0111. The van der Waals surface area contributed by atoms with Crippen molar-refractivity contribution in [2.45, 2.75) is 19.9 Å². The first-order valence-electron chi connectivity index (χ1n) is 6.26. The van der Waals surface area contributed by atoms with Crippen LogP contribution in [0.5, 0.6) is 0 Å². The Bertz CT molecular complexity index is 411. The number of hydrogen-bond acceptors (Lipinski definition) is 4. The van der Waals surface area contributed by atoms with E-state index in [2.05, 4.69) is 5.32 Å². The van der Waals surface area contributed by atoms with E-state index in [1.165, 1.54) is 0 Å². The third kappa shape index (κ3) is 5.09. The number of rotatable bonds is 7. The number of halogens is 1. The molecule has 0 heterocycles. The van der Waals surface area contributed by atoms with Gasteiger partial charge in [0.15, 0.2) is 0 Å². The second-order valence-corrected chi connectivity index (χ2v) is 4.75. The summed E-state index contributed by atoms with van der Waals surface area (Å²) in [5, 5.41) is 3.77. The number of nitrogens with one attached hydrogen (secondary N) is 1. The predicted octanol–water partition coefficient (Wildman–Crippen LogP) is 2.97. The van der Waals surface area contributed by atoms with Gasteiger partial charge in [-0.05, 0) is 25.1 Å². The Morgan fingerprint density at radius 2 is 2.21 bits per heavy atom. The van der Waals surface area contributed by atoms with Crippen LogP contribution in [0, 0.1) is 5.92 Å². The van der Waals surface area contributed by atoms with Crippen LogP contribution in [0.25, 0.3) is 0 Å². The van der Waals surface area contributed by atoms with E-state index in [0.29, 0.717) is 18.2 Å². The average molecular weight is 286 g/mol. The molecule has 0 fully saturated rings. The van der Waals surface area contributed by atoms with Gasteiger partial charge in [-0.2, -0.15) is 0 Å². The number of ether oxygens (including phenoxy) is 2. The second-order valence-electron chi connectivity index (χ2n) is 4.32. The fraction of sp³-hybridized carbons (Fsp3) is 0.500. The summed E-state index contributed by atoms with van der Waals surface area (Å²) in [5.74, 6) is -0.296. The Labute approximate surface area is 119 Å². The molecule has 1 aromatic rings. The van der Waals surface area contributed by atoms with Crippen molar-refractivity contribution in [1.29, 1.82) is 0 Å². The molecule has 1 aromatic carbocycles. The molecule has 19 heavy (non-hydrogen) atoms. The smallest absolute Gasteiger partial charge is 0.328 e. The van der Waals surface area contributed by atoms with Gasteiger partial charge >= 0.3 is 5.97 Å². The molecule has 5 heteroatoms. The van der Waals surface area contributed by atoms with E-state index in [-0.39, 0.29) is 11.9 Å². The van der Waals surface area contributed by atoms with Gasteiger partial charge in [0, 0.05) is 23.7 Å². The van der Waals surface area contributed by atoms with Gasteiger partial charge in [0.05, 0.1) is 13.2 Å². The molecule has 0 aliphatic rings. The maximum Gasteiger partial charge on any atom is 0.328 e. The Kier molecular flexibility index (Phi) is 6.67. The van der Waals surface area contributed by atoms with Gasteiger partial charge in [-0.1, -0.05) is 24.6 Å². The highest BCUT2D eigenvalue weighted by Crippen LogP contribution is 2.18. The number of hydrogen-bond donors (Lipinski definition) is 1. The summed E-state index contributed by atoms with van der Waals surface area (Å²) >= 11 is 5.93. The highest BCUT2D eigenvalue weighted by Gasteiger charge is 2.26. The summed E-state index contributed by atoms with van der Waals surface area (Å²) in [4.78, 5) is 12.0. The molecule has 0 aromatic heterocycles. The van der Waals surface area contributed by atoms with Crippen molar-refractivity contribution in [2.24, 2.45) is 5.92 Å². The number of methoxy groups -OCH3 is 1. The standard InChI is InChI=1S/C14H20ClNO3/c1-4-19-14(17)13(10(2)9-18-3)16-12-7-5-6-11(15)8-12/h5-8,10,13,16H,4,9H2,1-3H3. The lowest BCUT2D eigenvalue weighted by molar-refractivity contribution is -0.145. The molecule has 1 N–H and O–H groups in total. The zero-order chi connectivity index (χ0) is 14.3. The summed E-state index contributed by atoms with van der Waals surface area (Å²) in [7, 11) is 1.61. The third-order valence-electron chi connectivity index (χ3n) is 2.69. The Morgan fingerprint density at radius 1 is 1.47 bits per heavy atom. The van der Waals surface area contributed by atoms with E-state index in [9.17, 15) is 4.79 Å². The summed E-state index contributed by atoms with van der Waals surface area (Å²) in [6, 6.07) is 6.78. The van der Waals surface area contributed by atoms with Crippen LogP contribution in [-0.2, 0) is 14.3 Å². The van der Waals surface area contributed by atoms with E-state index in [0.717, 1.165) is 5.69 Å². The average Bonchev–Trinajstić information content (AvgIpc) is 2.36. The minimum Gasteiger partial charge on any atom is -0.464 e. The SMILES string of the molecule is CCOC(=O)C(Nc1cccc(Cl)c1)C(C)COC. The highest BCUT2D eigenvalue weighted by atomic mass is 35.5. The zero-order valence-corrected chi connectivity index (χ0v) is 12.2. The zero-order valence-electron chi connectivity index (χ0n) is 11.5. The summed E-state index contributed by atoms with van der Waals surface area (Å²) in [6.07, 6.45) is 0. The normalized spacial score (nSPS) is 13.7. The maximum absolute atomic E-state index is 12.0. The molecule has 0 amide bonds. The van der Waals surface area contributed by atoms with Crippen molar-refractivity contribution in [3.05, 3.63) is 29.3 Å². The fourth-order valence-electron chi connectivity index (χ4n) is 1.78. The molecule has 2 unspecified atom stereocenters. The number of carbonyl (C=O) groups is 1. The predicted molar refractivity (Wildman–Crippen MR) is 76.5 cm³/mol. The molecule has 0 bridgehead atoms. The molecule has 2 atom stereocenters. The molecule has 1 rings (SSSR count). The van der Waals surface area contributed by atoms with E-state index in [4.69, 9.17) is 21.1 Å². The van der Waals surface area contributed by atoms with Crippen molar-refractivity contribution in [1.82, 2.24) is 0 Å². The number of esters is 1. The van der Waals surface area contributed by atoms with Crippen LogP contribution in [0.15, 0.2) is 24.3 Å². The van der Waals surface area contributed by atoms with E-state index in [1.54, 1.807) is 26.2 Å². The molecular formula is C14H20ClNO3. The van der Waals surface area contributed by atoms with Crippen molar-refractivity contribution in [2.75, 3.05) is 25.6 Å². The van der Waals surface area contributed by atoms with E-state index in [1.807, 2.05) is 19.1 Å². The summed E-state index contributed by atoms with van der Waals surface area (Å²) < 4.78 is 10.2. The Balaban J connectivity index is 2.81. The van der Waals surface area contributed by atoms with Crippen molar-refractivity contribution in [3.8, 4) is 0 Å².